The van der Waals surface area contributed by atoms with Crippen molar-refractivity contribution in [3.8, 4) is 6.07 Å². The Bertz CT molecular complexity index is 325. The lowest BCUT2D eigenvalue weighted by molar-refractivity contribution is -0.146. The molecule has 0 fully saturated rings. The molecule has 0 rings (SSSR count). The molecule has 0 aromatic heterocycles. The van der Waals surface area contributed by atoms with Gasteiger partial charge in [-0.25, -0.2) is 0 Å². The molecular weight excluding hydrogens is 260 g/mol. The Hall–Kier alpha value is -1.03. The number of nitriles is 1. The summed E-state index contributed by atoms with van der Waals surface area (Å²) < 4.78 is 4.72. The van der Waals surface area contributed by atoms with E-state index < -0.39 is 0 Å². The van der Waals surface area contributed by atoms with E-state index in [2.05, 4.69) is 10.0 Å². The number of carbonyl (C=O) groups is 1. The van der Waals surface area contributed by atoms with Crippen LogP contribution < -0.4 is 0 Å². The van der Waals surface area contributed by atoms with E-state index in [1.165, 1.54) is 0 Å². The van der Waals surface area contributed by atoms with Crippen LogP contribution in [0.5, 0.6) is 0 Å². The fourth-order valence-electron chi connectivity index (χ4n) is 1.14. The number of hydrogen-bond acceptors (Lipinski definition) is 6. The maximum absolute atomic E-state index is 11.4. The first kappa shape index (κ1) is 16.0. The van der Waals surface area contributed by atoms with Crippen molar-refractivity contribution in [1.29, 1.82) is 5.26 Å². The second-order valence-electron chi connectivity index (χ2n) is 3.20. The molecule has 0 aromatic carbocycles. The van der Waals surface area contributed by atoms with Crippen LogP contribution in [-0.4, -0.2) is 30.6 Å². The molecule has 0 saturated carbocycles. The van der Waals surface area contributed by atoms with Crippen molar-refractivity contribution < 1.29 is 9.53 Å². The molecule has 17 heavy (non-hydrogen) atoms. The minimum Gasteiger partial charge on any atom is -0.450 e. The first-order chi connectivity index (χ1) is 8.15. The maximum atomic E-state index is 11.4. The molecule has 0 aliphatic carbocycles. The first-order valence-electron chi connectivity index (χ1n) is 4.89. The highest BCUT2D eigenvalue weighted by Crippen LogP contribution is 2.29. The van der Waals surface area contributed by atoms with Crippen LogP contribution in [0.3, 0.4) is 0 Å². The molecule has 0 saturated heterocycles. The van der Waals surface area contributed by atoms with Crippen LogP contribution in [0.4, 0.5) is 0 Å². The Balaban J connectivity index is 4.18. The number of hydrogen-bond donors (Lipinski definition) is 0. The highest BCUT2D eigenvalue weighted by atomic mass is 33.1. The van der Waals surface area contributed by atoms with Gasteiger partial charge in [0.1, 0.15) is 6.07 Å². The summed E-state index contributed by atoms with van der Waals surface area (Å²) in [5, 5.41) is 11.9. The number of rotatable bonds is 8. The maximum Gasteiger partial charge on any atom is 0.309 e. The zero-order valence-corrected chi connectivity index (χ0v) is 11.3. The summed E-state index contributed by atoms with van der Waals surface area (Å²) in [5.74, 6) is -0.693. The van der Waals surface area contributed by atoms with E-state index in [0.29, 0.717) is 13.0 Å². The van der Waals surface area contributed by atoms with Gasteiger partial charge in [-0.05, 0) is 18.2 Å². The third kappa shape index (κ3) is 7.80. The fraction of sp³-hybridized carbons (Fsp3) is 0.778. The largest absolute Gasteiger partial charge is 0.450 e. The van der Waals surface area contributed by atoms with Gasteiger partial charge in [0.2, 0.25) is 0 Å². The van der Waals surface area contributed by atoms with Crippen molar-refractivity contribution in [1.82, 2.24) is 0 Å². The van der Waals surface area contributed by atoms with E-state index in [4.69, 9.17) is 15.5 Å². The minimum absolute atomic E-state index is 0.0746. The first-order valence-corrected chi connectivity index (χ1v) is 7.51. The molecule has 94 valence electrons. The number of ether oxygens (including phenoxy) is 1. The summed E-state index contributed by atoms with van der Waals surface area (Å²) in [6, 6.07) is 1.75. The van der Waals surface area contributed by atoms with Gasteiger partial charge < -0.3 is 4.74 Å². The SMILES string of the molecule is CSSC(CN=[N+]=[N-])C[C@H](C)C(=O)OCC#N. The second-order valence-corrected chi connectivity index (χ2v) is 5.97. The lowest BCUT2D eigenvalue weighted by Crippen LogP contribution is -2.20. The highest BCUT2D eigenvalue weighted by Gasteiger charge is 2.20. The highest BCUT2D eigenvalue weighted by molar-refractivity contribution is 8.76. The molecule has 2 atom stereocenters. The predicted molar refractivity (Wildman–Crippen MR) is 69.3 cm³/mol. The van der Waals surface area contributed by atoms with E-state index in [0.717, 1.165) is 0 Å². The Labute approximate surface area is 108 Å². The van der Waals surface area contributed by atoms with Crippen LogP contribution in [0.2, 0.25) is 0 Å². The van der Waals surface area contributed by atoms with Gasteiger partial charge in [-0.15, -0.1) is 0 Å². The topological polar surface area (TPSA) is 98.9 Å². The van der Waals surface area contributed by atoms with E-state index in [9.17, 15) is 4.79 Å². The lowest BCUT2D eigenvalue weighted by Gasteiger charge is -2.16. The molecule has 0 radical (unpaired) electrons. The molecule has 0 aliphatic heterocycles. The number of nitrogens with zero attached hydrogens (tertiary/aromatic N) is 4. The molecular formula is C9H14N4O2S2. The van der Waals surface area contributed by atoms with Crippen molar-refractivity contribution >= 4 is 27.6 Å². The number of azide groups is 1. The van der Waals surface area contributed by atoms with Crippen LogP contribution in [0.1, 0.15) is 13.3 Å². The van der Waals surface area contributed by atoms with Gasteiger partial charge in [-0.1, -0.05) is 33.6 Å². The summed E-state index contributed by atoms with van der Waals surface area (Å²) in [6.07, 6.45) is 2.49. The molecule has 0 spiro atoms. The van der Waals surface area contributed by atoms with Crippen molar-refractivity contribution in [3.05, 3.63) is 10.4 Å². The molecule has 0 heterocycles. The molecule has 6 nitrogen and oxygen atoms in total. The average Bonchev–Trinajstić information content (AvgIpc) is 2.33. The average molecular weight is 274 g/mol. The number of carbonyl (C=O) groups excluding carboxylic acids is 1. The second kappa shape index (κ2) is 10.1. The van der Waals surface area contributed by atoms with E-state index in [1.807, 2.05) is 6.26 Å². The van der Waals surface area contributed by atoms with Gasteiger partial charge in [0.15, 0.2) is 6.61 Å². The van der Waals surface area contributed by atoms with E-state index >= 15 is 0 Å². The monoisotopic (exact) mass is 274 g/mol. The predicted octanol–water partition coefficient (Wildman–Crippen LogP) is 2.77. The molecule has 0 amide bonds. The van der Waals surface area contributed by atoms with E-state index in [1.54, 1.807) is 34.6 Å². The summed E-state index contributed by atoms with van der Waals surface area (Å²) in [7, 11) is 3.13. The normalized spacial score (nSPS) is 13.0. The number of esters is 1. The van der Waals surface area contributed by atoms with Crippen LogP contribution in [-0.2, 0) is 9.53 Å². The van der Waals surface area contributed by atoms with Crippen LogP contribution in [0.15, 0.2) is 5.11 Å². The lowest BCUT2D eigenvalue weighted by atomic mass is 10.1. The molecule has 0 aromatic rings. The third-order valence-electron chi connectivity index (χ3n) is 1.88. The van der Waals surface area contributed by atoms with Gasteiger partial charge in [-0.3, -0.25) is 4.79 Å². The van der Waals surface area contributed by atoms with Crippen molar-refractivity contribution in [3.63, 3.8) is 0 Å². The van der Waals surface area contributed by atoms with Gasteiger partial charge in [0.05, 0.1) is 5.92 Å². The third-order valence-corrected chi connectivity index (χ3v) is 4.08. The summed E-state index contributed by atoms with van der Waals surface area (Å²) in [6.45, 7) is 1.86. The van der Waals surface area contributed by atoms with Crippen LogP contribution in [0, 0.1) is 17.2 Å². The zero-order chi connectivity index (χ0) is 13.1. The van der Waals surface area contributed by atoms with Gasteiger partial charge in [0.25, 0.3) is 0 Å². The van der Waals surface area contributed by atoms with Gasteiger partial charge in [0, 0.05) is 16.7 Å². The van der Waals surface area contributed by atoms with Crippen LogP contribution in [0.25, 0.3) is 10.4 Å². The van der Waals surface area contributed by atoms with Crippen molar-refractivity contribution in [2.75, 3.05) is 19.4 Å². The Morgan fingerprint density at radius 1 is 1.71 bits per heavy atom. The Morgan fingerprint density at radius 3 is 2.94 bits per heavy atom. The summed E-state index contributed by atoms with van der Waals surface area (Å²) in [4.78, 5) is 14.1. The standard InChI is InChI=1S/C9H14N4O2S2/c1-7(9(14)15-4-3-10)5-8(17-16-2)6-12-13-11/h7-8H,4-6H2,1-2H3/t7-,8?/m0/s1. The van der Waals surface area contributed by atoms with Crippen molar-refractivity contribution in [2.45, 2.75) is 18.6 Å². The van der Waals surface area contributed by atoms with Gasteiger partial charge in [-0.2, -0.15) is 5.26 Å². The minimum atomic E-state index is -0.390. The smallest absolute Gasteiger partial charge is 0.309 e. The Morgan fingerprint density at radius 2 is 2.41 bits per heavy atom. The van der Waals surface area contributed by atoms with Gasteiger partial charge >= 0.3 is 5.97 Å². The molecule has 1 unspecified atom stereocenters. The summed E-state index contributed by atoms with van der Waals surface area (Å²) in [5.41, 5.74) is 8.26. The quantitative estimate of drug-likeness (QED) is 0.223. The zero-order valence-electron chi connectivity index (χ0n) is 9.70. The molecule has 0 aliphatic rings. The van der Waals surface area contributed by atoms with Crippen molar-refractivity contribution in [2.24, 2.45) is 11.0 Å². The van der Waals surface area contributed by atoms with Crippen LogP contribution >= 0.6 is 21.6 Å². The molecule has 0 N–H and O–H groups in total. The van der Waals surface area contributed by atoms with E-state index in [-0.39, 0.29) is 23.7 Å². The molecule has 0 bridgehead atoms. The summed E-state index contributed by atoms with van der Waals surface area (Å²) >= 11 is 0. The molecule has 8 heteroatoms. The Kier molecular flexibility index (Phi) is 9.53. The fourth-order valence-corrected chi connectivity index (χ4v) is 3.15.